The van der Waals surface area contributed by atoms with Gasteiger partial charge in [-0.25, -0.2) is 0 Å². The summed E-state index contributed by atoms with van der Waals surface area (Å²) in [6.45, 7) is 1.00. The molecule has 1 aliphatic rings. The van der Waals surface area contributed by atoms with Crippen molar-refractivity contribution in [1.29, 1.82) is 0 Å². The molecule has 16 heavy (non-hydrogen) atoms. The van der Waals surface area contributed by atoms with Crippen molar-refractivity contribution in [2.24, 2.45) is 11.1 Å². The van der Waals surface area contributed by atoms with Crippen LogP contribution in [0.2, 0.25) is 0 Å². The molecule has 0 radical (unpaired) electrons. The number of ether oxygens (including phenoxy) is 1. The van der Waals surface area contributed by atoms with Crippen LogP contribution in [0.5, 0.6) is 5.75 Å². The van der Waals surface area contributed by atoms with Gasteiger partial charge < -0.3 is 15.8 Å². The van der Waals surface area contributed by atoms with Crippen LogP contribution in [0.25, 0.3) is 0 Å². The van der Waals surface area contributed by atoms with E-state index in [0.29, 0.717) is 0 Å². The Hall–Kier alpha value is -1.06. The Bertz CT molecular complexity index is 343. The van der Waals surface area contributed by atoms with E-state index in [-0.39, 0.29) is 11.5 Å². The maximum atomic E-state index is 6.33. The molecule has 88 valence electrons. The van der Waals surface area contributed by atoms with E-state index < -0.39 is 0 Å². The summed E-state index contributed by atoms with van der Waals surface area (Å²) in [5.74, 6) is 0.884. The predicted octanol–water partition coefficient (Wildman–Crippen LogP) is 1.69. The Labute approximate surface area is 97.0 Å². The van der Waals surface area contributed by atoms with Gasteiger partial charge in [-0.1, -0.05) is 12.1 Å². The number of methoxy groups -OCH3 is 1. The lowest BCUT2D eigenvalue weighted by Crippen LogP contribution is -2.31. The molecular weight excluding hydrogens is 200 g/mol. The highest BCUT2D eigenvalue weighted by atomic mass is 16.5. The largest absolute Gasteiger partial charge is 0.497 e. The quantitative estimate of drug-likeness (QED) is 0.794. The van der Waals surface area contributed by atoms with E-state index in [2.05, 4.69) is 17.4 Å². The van der Waals surface area contributed by atoms with Gasteiger partial charge in [0.25, 0.3) is 0 Å². The fourth-order valence-electron chi connectivity index (χ4n) is 2.28. The second kappa shape index (κ2) is 4.44. The minimum absolute atomic E-state index is 0.130. The third-order valence-corrected chi connectivity index (χ3v) is 3.56. The van der Waals surface area contributed by atoms with E-state index in [1.54, 1.807) is 7.11 Å². The first-order valence-corrected chi connectivity index (χ1v) is 5.76. The van der Waals surface area contributed by atoms with Crippen molar-refractivity contribution in [3.63, 3.8) is 0 Å². The summed E-state index contributed by atoms with van der Waals surface area (Å²) in [6.07, 6.45) is 2.45. The van der Waals surface area contributed by atoms with E-state index in [0.717, 1.165) is 12.3 Å². The zero-order valence-electron chi connectivity index (χ0n) is 9.99. The summed E-state index contributed by atoms with van der Waals surface area (Å²) in [7, 11) is 3.67. The number of rotatable bonds is 5. The number of hydrogen-bond donors (Lipinski definition) is 2. The van der Waals surface area contributed by atoms with E-state index in [9.17, 15) is 0 Å². The third kappa shape index (κ3) is 2.06. The minimum atomic E-state index is 0.130. The maximum Gasteiger partial charge on any atom is 0.118 e. The number of nitrogens with one attached hydrogen (secondary N) is 1. The van der Waals surface area contributed by atoms with Crippen LogP contribution >= 0.6 is 0 Å². The Kier molecular flexibility index (Phi) is 3.17. The normalized spacial score (nSPS) is 19.2. The van der Waals surface area contributed by atoms with Crippen molar-refractivity contribution in [3.8, 4) is 5.75 Å². The van der Waals surface area contributed by atoms with Gasteiger partial charge in [0.15, 0.2) is 0 Å². The highest BCUT2D eigenvalue weighted by Gasteiger charge is 2.47. The molecular formula is C13H20N2O. The third-order valence-electron chi connectivity index (χ3n) is 3.56. The minimum Gasteiger partial charge on any atom is -0.497 e. The highest BCUT2D eigenvalue weighted by Crippen LogP contribution is 2.53. The van der Waals surface area contributed by atoms with Crippen LogP contribution in [0.1, 0.15) is 24.4 Å². The zero-order valence-corrected chi connectivity index (χ0v) is 9.99. The standard InChI is InChI=1S/C13H20N2O/c1-15-9-13(7-8-13)12(14)10-3-5-11(16-2)6-4-10/h3-6,12,15H,7-9,14H2,1-2H3. The van der Waals surface area contributed by atoms with Crippen molar-refractivity contribution >= 4 is 0 Å². The monoisotopic (exact) mass is 220 g/mol. The molecule has 1 fully saturated rings. The van der Waals surface area contributed by atoms with Gasteiger partial charge in [-0.2, -0.15) is 0 Å². The van der Waals surface area contributed by atoms with Crippen LogP contribution in [0.15, 0.2) is 24.3 Å². The number of nitrogens with two attached hydrogens (primary N) is 1. The van der Waals surface area contributed by atoms with E-state index in [1.807, 2.05) is 19.2 Å². The predicted molar refractivity (Wildman–Crippen MR) is 65.5 cm³/mol. The molecule has 3 N–H and O–H groups in total. The first-order chi connectivity index (χ1) is 7.72. The lowest BCUT2D eigenvalue weighted by Gasteiger charge is -2.23. The Morgan fingerprint density at radius 3 is 2.44 bits per heavy atom. The van der Waals surface area contributed by atoms with Crippen LogP contribution in [-0.2, 0) is 0 Å². The van der Waals surface area contributed by atoms with Gasteiger partial charge in [0, 0.05) is 18.0 Å². The summed E-state index contributed by atoms with van der Waals surface area (Å²) in [4.78, 5) is 0. The van der Waals surface area contributed by atoms with Gasteiger partial charge in [-0.15, -0.1) is 0 Å². The lowest BCUT2D eigenvalue weighted by atomic mass is 9.91. The fraction of sp³-hybridized carbons (Fsp3) is 0.538. The molecule has 0 heterocycles. The molecule has 1 saturated carbocycles. The SMILES string of the molecule is CNCC1(C(N)c2ccc(OC)cc2)CC1. The molecule has 3 nitrogen and oxygen atoms in total. The van der Waals surface area contributed by atoms with Gasteiger partial charge in [-0.3, -0.25) is 0 Å². The Morgan fingerprint density at radius 2 is 2.00 bits per heavy atom. The molecule has 0 bridgehead atoms. The van der Waals surface area contributed by atoms with Gasteiger partial charge >= 0.3 is 0 Å². The molecule has 0 saturated heterocycles. The van der Waals surface area contributed by atoms with Crippen molar-refractivity contribution in [3.05, 3.63) is 29.8 Å². The molecule has 3 heteroatoms. The average Bonchev–Trinajstić information content (AvgIpc) is 3.10. The first-order valence-electron chi connectivity index (χ1n) is 5.76. The Morgan fingerprint density at radius 1 is 1.38 bits per heavy atom. The summed E-state index contributed by atoms with van der Waals surface area (Å²) < 4.78 is 5.14. The Balaban J connectivity index is 2.11. The van der Waals surface area contributed by atoms with Crippen molar-refractivity contribution in [1.82, 2.24) is 5.32 Å². The maximum absolute atomic E-state index is 6.33. The van der Waals surface area contributed by atoms with Crippen LogP contribution < -0.4 is 15.8 Å². The molecule has 1 unspecified atom stereocenters. The van der Waals surface area contributed by atoms with Crippen molar-refractivity contribution in [2.45, 2.75) is 18.9 Å². The molecule has 0 spiro atoms. The van der Waals surface area contributed by atoms with E-state index >= 15 is 0 Å². The second-order valence-electron chi connectivity index (χ2n) is 4.64. The van der Waals surface area contributed by atoms with Crippen LogP contribution in [0, 0.1) is 5.41 Å². The smallest absolute Gasteiger partial charge is 0.118 e. The molecule has 0 aliphatic heterocycles. The molecule has 0 amide bonds. The molecule has 1 aromatic carbocycles. The summed E-state index contributed by atoms with van der Waals surface area (Å²) in [5.41, 5.74) is 7.82. The van der Waals surface area contributed by atoms with Gasteiger partial charge in [0.05, 0.1) is 7.11 Å². The van der Waals surface area contributed by atoms with Crippen molar-refractivity contribution in [2.75, 3.05) is 20.7 Å². The summed E-state index contributed by atoms with van der Waals surface area (Å²) in [5, 5.41) is 3.24. The average molecular weight is 220 g/mol. The molecule has 1 aliphatic carbocycles. The van der Waals surface area contributed by atoms with Crippen molar-refractivity contribution < 1.29 is 4.74 Å². The molecule has 1 aromatic rings. The molecule has 0 aromatic heterocycles. The topological polar surface area (TPSA) is 47.3 Å². The van der Waals surface area contributed by atoms with E-state index in [4.69, 9.17) is 10.5 Å². The van der Waals surface area contributed by atoms with Crippen LogP contribution in [-0.4, -0.2) is 20.7 Å². The van der Waals surface area contributed by atoms with Crippen LogP contribution in [0.3, 0.4) is 0 Å². The van der Waals surface area contributed by atoms with Gasteiger partial charge in [0.1, 0.15) is 5.75 Å². The van der Waals surface area contributed by atoms with Gasteiger partial charge in [-0.05, 0) is 37.6 Å². The second-order valence-corrected chi connectivity index (χ2v) is 4.64. The fourth-order valence-corrected chi connectivity index (χ4v) is 2.28. The molecule has 2 rings (SSSR count). The lowest BCUT2D eigenvalue weighted by molar-refractivity contribution is 0.390. The summed E-state index contributed by atoms with van der Waals surface area (Å²) in [6, 6.07) is 8.22. The van der Waals surface area contributed by atoms with Crippen LogP contribution in [0.4, 0.5) is 0 Å². The molecule has 1 atom stereocenters. The van der Waals surface area contributed by atoms with Gasteiger partial charge in [0.2, 0.25) is 0 Å². The number of hydrogen-bond acceptors (Lipinski definition) is 3. The highest BCUT2D eigenvalue weighted by molar-refractivity contribution is 5.31. The van der Waals surface area contributed by atoms with E-state index in [1.165, 1.54) is 18.4 Å². The summed E-state index contributed by atoms with van der Waals surface area (Å²) >= 11 is 0. The first kappa shape index (κ1) is 11.4. The zero-order chi connectivity index (χ0) is 11.6. The number of benzene rings is 1.